The van der Waals surface area contributed by atoms with E-state index in [1.54, 1.807) is 24.5 Å². The van der Waals surface area contributed by atoms with Gasteiger partial charge in [0.15, 0.2) is 0 Å². The van der Waals surface area contributed by atoms with Gasteiger partial charge in [-0.1, -0.05) is 30.3 Å². The molecule has 4 heteroatoms. The number of nitrogens with one attached hydrogen (secondary N) is 1. The fourth-order valence-corrected chi connectivity index (χ4v) is 1.92. The van der Waals surface area contributed by atoms with Crippen LogP contribution in [0.3, 0.4) is 0 Å². The van der Waals surface area contributed by atoms with E-state index in [1.807, 2.05) is 48.6 Å². The van der Waals surface area contributed by atoms with Crippen molar-refractivity contribution in [1.82, 2.24) is 15.0 Å². The Morgan fingerprint density at radius 3 is 2.52 bits per heavy atom. The number of nitriles is 1. The van der Waals surface area contributed by atoms with E-state index in [-0.39, 0.29) is 0 Å². The lowest BCUT2D eigenvalue weighted by Crippen LogP contribution is -1.82. The van der Waals surface area contributed by atoms with Crippen LogP contribution in [0.4, 0.5) is 0 Å². The zero-order valence-corrected chi connectivity index (χ0v) is 11.2. The molecule has 0 spiro atoms. The molecular formula is C17H12N4. The Hall–Kier alpha value is -3.19. The number of aromatic nitrogens is 3. The van der Waals surface area contributed by atoms with E-state index >= 15 is 0 Å². The summed E-state index contributed by atoms with van der Waals surface area (Å²) in [6.45, 7) is 0. The molecule has 100 valence electrons. The quantitative estimate of drug-likeness (QED) is 0.793. The normalized spacial score (nSPS) is 10.6. The Labute approximate surface area is 122 Å². The highest BCUT2D eigenvalue weighted by atomic mass is 14.9. The smallest absolute Gasteiger partial charge is 0.130 e. The summed E-state index contributed by atoms with van der Waals surface area (Å²) in [6.07, 6.45) is 7.08. The first-order valence-electron chi connectivity index (χ1n) is 6.50. The second kappa shape index (κ2) is 5.85. The minimum absolute atomic E-state index is 0.552. The Morgan fingerprint density at radius 1 is 0.952 bits per heavy atom. The van der Waals surface area contributed by atoms with Crippen LogP contribution in [0.25, 0.3) is 23.4 Å². The van der Waals surface area contributed by atoms with Crippen molar-refractivity contribution < 1.29 is 0 Å². The van der Waals surface area contributed by atoms with Crippen LogP contribution < -0.4 is 0 Å². The van der Waals surface area contributed by atoms with E-state index < -0.39 is 0 Å². The summed E-state index contributed by atoms with van der Waals surface area (Å²) in [5.41, 5.74) is 3.41. The van der Waals surface area contributed by atoms with Gasteiger partial charge in [-0.05, 0) is 29.8 Å². The lowest BCUT2D eigenvalue weighted by molar-refractivity contribution is 1.26. The average Bonchev–Trinajstić information content (AvgIpc) is 3.03. The molecule has 0 aliphatic carbocycles. The van der Waals surface area contributed by atoms with Gasteiger partial charge in [0.1, 0.15) is 11.9 Å². The van der Waals surface area contributed by atoms with Crippen LogP contribution >= 0.6 is 0 Å². The highest BCUT2D eigenvalue weighted by molar-refractivity contribution is 5.67. The topological polar surface area (TPSA) is 65.4 Å². The SMILES string of the molecule is N#Cc1ccc(C=Cc2ncc(-c3ccccc3)[nH]2)nc1. The van der Waals surface area contributed by atoms with Gasteiger partial charge in [-0.2, -0.15) is 5.26 Å². The molecule has 0 bridgehead atoms. The number of benzene rings is 1. The summed E-state index contributed by atoms with van der Waals surface area (Å²) in [4.78, 5) is 11.7. The predicted molar refractivity (Wildman–Crippen MR) is 81.9 cm³/mol. The molecule has 3 rings (SSSR count). The third kappa shape index (κ3) is 3.04. The van der Waals surface area contributed by atoms with Crippen molar-refractivity contribution in [3.8, 4) is 17.3 Å². The van der Waals surface area contributed by atoms with E-state index in [0.29, 0.717) is 5.56 Å². The maximum atomic E-state index is 8.72. The molecule has 4 nitrogen and oxygen atoms in total. The molecule has 0 unspecified atom stereocenters. The molecule has 0 aliphatic heterocycles. The first kappa shape index (κ1) is 12.8. The molecule has 0 radical (unpaired) electrons. The lowest BCUT2D eigenvalue weighted by atomic mass is 10.2. The summed E-state index contributed by atoms with van der Waals surface area (Å²) in [5.74, 6) is 0.764. The van der Waals surface area contributed by atoms with Crippen LogP contribution in [0, 0.1) is 11.3 Å². The van der Waals surface area contributed by atoms with Gasteiger partial charge in [-0.15, -0.1) is 0 Å². The van der Waals surface area contributed by atoms with Crippen molar-refractivity contribution in [1.29, 1.82) is 5.26 Å². The summed E-state index contributed by atoms with van der Waals surface area (Å²) >= 11 is 0. The minimum atomic E-state index is 0.552. The molecule has 0 fully saturated rings. The summed E-state index contributed by atoms with van der Waals surface area (Å²) in [6, 6.07) is 15.6. The van der Waals surface area contributed by atoms with Gasteiger partial charge >= 0.3 is 0 Å². The summed E-state index contributed by atoms with van der Waals surface area (Å²) < 4.78 is 0. The zero-order valence-electron chi connectivity index (χ0n) is 11.2. The summed E-state index contributed by atoms with van der Waals surface area (Å²) in [5, 5.41) is 8.72. The van der Waals surface area contributed by atoms with E-state index in [0.717, 1.165) is 22.8 Å². The van der Waals surface area contributed by atoms with Gasteiger partial charge in [-0.3, -0.25) is 4.98 Å². The van der Waals surface area contributed by atoms with Crippen LogP contribution in [-0.4, -0.2) is 15.0 Å². The van der Waals surface area contributed by atoms with Crippen molar-refractivity contribution in [2.45, 2.75) is 0 Å². The van der Waals surface area contributed by atoms with Crippen molar-refractivity contribution in [2.75, 3.05) is 0 Å². The average molecular weight is 272 g/mol. The van der Waals surface area contributed by atoms with Crippen molar-refractivity contribution in [2.24, 2.45) is 0 Å². The third-order valence-electron chi connectivity index (χ3n) is 3.01. The van der Waals surface area contributed by atoms with Crippen LogP contribution in [0.5, 0.6) is 0 Å². The first-order valence-corrected chi connectivity index (χ1v) is 6.50. The minimum Gasteiger partial charge on any atom is -0.338 e. The molecule has 0 saturated heterocycles. The zero-order chi connectivity index (χ0) is 14.5. The molecule has 21 heavy (non-hydrogen) atoms. The number of H-pyrrole nitrogens is 1. The maximum Gasteiger partial charge on any atom is 0.130 e. The Balaban J connectivity index is 1.78. The summed E-state index contributed by atoms with van der Waals surface area (Å²) in [7, 11) is 0. The largest absolute Gasteiger partial charge is 0.338 e. The molecule has 0 amide bonds. The molecule has 1 N–H and O–H groups in total. The van der Waals surface area contributed by atoms with E-state index in [2.05, 4.69) is 15.0 Å². The van der Waals surface area contributed by atoms with Crippen LogP contribution in [0.15, 0.2) is 54.9 Å². The van der Waals surface area contributed by atoms with Gasteiger partial charge in [0.05, 0.1) is 23.1 Å². The van der Waals surface area contributed by atoms with Gasteiger partial charge in [0.2, 0.25) is 0 Å². The first-order chi connectivity index (χ1) is 10.3. The highest BCUT2D eigenvalue weighted by Gasteiger charge is 2.00. The molecule has 0 aliphatic rings. The van der Waals surface area contributed by atoms with E-state index in [9.17, 15) is 0 Å². The molecule has 0 atom stereocenters. The fourth-order valence-electron chi connectivity index (χ4n) is 1.92. The van der Waals surface area contributed by atoms with Crippen molar-refractivity contribution in [3.05, 3.63) is 71.9 Å². The van der Waals surface area contributed by atoms with Crippen LogP contribution in [0.2, 0.25) is 0 Å². The molecule has 2 aromatic heterocycles. The number of rotatable bonds is 3. The fraction of sp³-hybridized carbons (Fsp3) is 0. The monoisotopic (exact) mass is 272 g/mol. The number of imidazole rings is 1. The molecule has 0 saturated carbocycles. The molecular weight excluding hydrogens is 260 g/mol. The number of nitrogens with zero attached hydrogens (tertiary/aromatic N) is 3. The molecule has 3 aromatic rings. The maximum absolute atomic E-state index is 8.72. The van der Waals surface area contributed by atoms with Gasteiger partial charge in [0.25, 0.3) is 0 Å². The number of hydrogen-bond acceptors (Lipinski definition) is 3. The van der Waals surface area contributed by atoms with Crippen LogP contribution in [-0.2, 0) is 0 Å². The van der Waals surface area contributed by atoms with Crippen molar-refractivity contribution in [3.63, 3.8) is 0 Å². The third-order valence-corrected chi connectivity index (χ3v) is 3.01. The second-order valence-corrected chi connectivity index (χ2v) is 4.47. The Morgan fingerprint density at radius 2 is 1.81 bits per heavy atom. The van der Waals surface area contributed by atoms with Gasteiger partial charge in [0, 0.05) is 6.20 Å². The van der Waals surface area contributed by atoms with E-state index in [1.165, 1.54) is 0 Å². The lowest BCUT2D eigenvalue weighted by Gasteiger charge is -1.95. The van der Waals surface area contributed by atoms with Gasteiger partial charge in [-0.25, -0.2) is 4.98 Å². The number of pyridine rings is 1. The predicted octanol–water partition coefficient (Wildman–Crippen LogP) is 3.51. The number of aromatic amines is 1. The standard InChI is InChI=1S/C17H12N4/c18-10-13-6-7-15(19-11-13)8-9-17-20-12-16(21-17)14-4-2-1-3-5-14/h1-9,11-12H,(H,20,21). The second-order valence-electron chi connectivity index (χ2n) is 4.47. The Bertz CT molecular complexity index is 793. The Kier molecular flexibility index (Phi) is 3.57. The van der Waals surface area contributed by atoms with Gasteiger partial charge < -0.3 is 4.98 Å². The number of hydrogen-bond donors (Lipinski definition) is 1. The molecule has 2 heterocycles. The van der Waals surface area contributed by atoms with Crippen molar-refractivity contribution >= 4 is 12.2 Å². The highest BCUT2D eigenvalue weighted by Crippen LogP contribution is 2.16. The van der Waals surface area contributed by atoms with E-state index in [4.69, 9.17) is 5.26 Å². The van der Waals surface area contributed by atoms with Crippen LogP contribution in [0.1, 0.15) is 17.1 Å². The molecule has 1 aromatic carbocycles.